The summed E-state index contributed by atoms with van der Waals surface area (Å²) in [7, 11) is 0. The number of hydrogen-bond acceptors (Lipinski definition) is 5. The molecule has 0 spiro atoms. The lowest BCUT2D eigenvalue weighted by atomic mass is 10.0. The number of benzene rings is 2. The molecule has 3 aromatic rings. The van der Waals surface area contributed by atoms with Crippen molar-refractivity contribution in [2.75, 3.05) is 10.2 Å². The predicted octanol–water partition coefficient (Wildman–Crippen LogP) is 6.82. The van der Waals surface area contributed by atoms with Crippen LogP contribution in [0.3, 0.4) is 0 Å². The number of alkyl halides is 3. The Morgan fingerprint density at radius 2 is 1.67 bits per heavy atom. The van der Waals surface area contributed by atoms with Gasteiger partial charge in [0.25, 0.3) is 0 Å². The Bertz CT molecular complexity index is 1180. The predicted molar refractivity (Wildman–Crippen MR) is 126 cm³/mol. The van der Waals surface area contributed by atoms with Gasteiger partial charge in [-0.3, -0.25) is 9.69 Å². The number of nitrogens with zero attached hydrogens (tertiary/aromatic N) is 2. The summed E-state index contributed by atoms with van der Waals surface area (Å²) < 4.78 is 42.4. The molecule has 1 aliphatic heterocycles. The maximum absolute atomic E-state index is 14.1. The van der Waals surface area contributed by atoms with Crippen LogP contribution < -0.4 is 10.2 Å². The van der Waals surface area contributed by atoms with Gasteiger partial charge in [-0.15, -0.1) is 11.8 Å². The minimum absolute atomic E-state index is 0.0340. The van der Waals surface area contributed by atoms with Crippen molar-refractivity contribution in [1.29, 1.82) is 0 Å². The number of pyridine rings is 1. The largest absolute Gasteiger partial charge is 0.416 e. The lowest BCUT2D eigenvalue weighted by Crippen LogP contribution is -2.25. The second-order valence-electron chi connectivity index (χ2n) is 7.81. The van der Waals surface area contributed by atoms with Gasteiger partial charge in [0.1, 0.15) is 11.6 Å². The summed E-state index contributed by atoms with van der Waals surface area (Å²) in [5.74, 6) is -0.00662. The molecule has 0 bridgehead atoms. The lowest BCUT2D eigenvalue weighted by Gasteiger charge is -2.29. The number of fused-ring (bicyclic) bond motifs is 1. The van der Waals surface area contributed by atoms with Crippen molar-refractivity contribution in [3.05, 3.63) is 89.8 Å². The first-order chi connectivity index (χ1) is 15.7. The van der Waals surface area contributed by atoms with Crippen molar-refractivity contribution in [1.82, 2.24) is 4.98 Å². The molecule has 0 amide bonds. The third kappa shape index (κ3) is 5.22. The number of nitrogens with one attached hydrogen (secondary N) is 1. The number of para-hydroxylation sites is 2. The Kier molecular flexibility index (Phi) is 6.47. The van der Waals surface area contributed by atoms with E-state index in [9.17, 15) is 18.0 Å². The standard InChI is InChI=1S/C25H22F3N3OS/c1-16(2)33-23-15-21(25(26,27)28)20-13-19(32)14-22(29-17-9-5-3-6-10-17)31(24(20)30-23)18-11-7-4-8-12-18/h3-12,14-16,29H,13H2,1-2H3. The fraction of sp³-hybridized carbons (Fsp3) is 0.200. The van der Waals surface area contributed by atoms with Gasteiger partial charge >= 0.3 is 6.18 Å². The molecular weight excluding hydrogens is 447 g/mol. The molecule has 2 heterocycles. The fourth-order valence-electron chi connectivity index (χ4n) is 3.61. The van der Waals surface area contributed by atoms with Crippen LogP contribution in [0.25, 0.3) is 0 Å². The monoisotopic (exact) mass is 469 g/mol. The number of thioether (sulfide) groups is 1. The molecule has 0 fully saturated rings. The van der Waals surface area contributed by atoms with E-state index >= 15 is 0 Å². The van der Waals surface area contributed by atoms with Crippen molar-refractivity contribution < 1.29 is 18.0 Å². The van der Waals surface area contributed by atoms with Crippen LogP contribution in [0.1, 0.15) is 25.0 Å². The number of hydrogen-bond donors (Lipinski definition) is 1. The van der Waals surface area contributed by atoms with Gasteiger partial charge in [0.05, 0.1) is 10.6 Å². The van der Waals surface area contributed by atoms with Gasteiger partial charge in [-0.1, -0.05) is 50.2 Å². The zero-order valence-electron chi connectivity index (χ0n) is 18.1. The highest BCUT2D eigenvalue weighted by Crippen LogP contribution is 2.43. The van der Waals surface area contributed by atoms with Crippen LogP contribution >= 0.6 is 11.8 Å². The zero-order chi connectivity index (χ0) is 23.6. The number of rotatable bonds is 5. The average molecular weight is 470 g/mol. The lowest BCUT2D eigenvalue weighted by molar-refractivity contribution is -0.138. The van der Waals surface area contributed by atoms with Gasteiger partial charge in [0.15, 0.2) is 5.78 Å². The Balaban J connectivity index is 1.97. The summed E-state index contributed by atoms with van der Waals surface area (Å²) >= 11 is 1.25. The third-order valence-corrected chi connectivity index (χ3v) is 5.82. The van der Waals surface area contributed by atoms with Crippen LogP contribution in [-0.2, 0) is 17.4 Å². The number of allylic oxidation sites excluding steroid dienone is 1. The molecule has 33 heavy (non-hydrogen) atoms. The highest BCUT2D eigenvalue weighted by Gasteiger charge is 2.38. The van der Waals surface area contributed by atoms with Gasteiger partial charge in [-0.05, 0) is 30.3 Å². The van der Waals surface area contributed by atoms with E-state index in [-0.39, 0.29) is 21.7 Å². The second kappa shape index (κ2) is 9.31. The molecule has 8 heteroatoms. The van der Waals surface area contributed by atoms with E-state index in [1.165, 1.54) is 17.8 Å². The molecule has 2 aromatic carbocycles. The Morgan fingerprint density at radius 1 is 1.03 bits per heavy atom. The number of ketones is 1. The van der Waals surface area contributed by atoms with Crippen LogP contribution in [0.4, 0.5) is 30.4 Å². The van der Waals surface area contributed by atoms with Crippen LogP contribution in [-0.4, -0.2) is 16.0 Å². The van der Waals surface area contributed by atoms with E-state index in [4.69, 9.17) is 0 Å². The Hall–Kier alpha value is -3.26. The summed E-state index contributed by atoms with van der Waals surface area (Å²) in [4.78, 5) is 19.0. The highest BCUT2D eigenvalue weighted by molar-refractivity contribution is 7.99. The number of aromatic nitrogens is 1. The van der Waals surface area contributed by atoms with Crippen molar-refractivity contribution in [2.24, 2.45) is 0 Å². The fourth-order valence-corrected chi connectivity index (χ4v) is 4.41. The molecule has 0 saturated heterocycles. The maximum Gasteiger partial charge on any atom is 0.416 e. The van der Waals surface area contributed by atoms with E-state index in [2.05, 4.69) is 10.3 Å². The normalized spacial score (nSPS) is 14.1. The number of carbonyl (C=O) groups excluding carboxylic acids is 1. The van der Waals surface area contributed by atoms with Crippen LogP contribution in [0.15, 0.2) is 83.7 Å². The topological polar surface area (TPSA) is 45.2 Å². The first kappa shape index (κ1) is 22.9. The van der Waals surface area contributed by atoms with Gasteiger partial charge in [0, 0.05) is 34.7 Å². The van der Waals surface area contributed by atoms with Crippen molar-refractivity contribution >= 4 is 34.7 Å². The van der Waals surface area contributed by atoms with Crippen LogP contribution in [0, 0.1) is 0 Å². The molecule has 0 saturated carbocycles. The van der Waals surface area contributed by atoms with Crippen LogP contribution in [0.5, 0.6) is 0 Å². The molecule has 0 radical (unpaired) electrons. The summed E-state index contributed by atoms with van der Waals surface area (Å²) in [5, 5.41) is 3.49. The molecule has 0 unspecified atom stereocenters. The average Bonchev–Trinajstić information content (AvgIpc) is 2.88. The third-order valence-electron chi connectivity index (χ3n) is 4.90. The summed E-state index contributed by atoms with van der Waals surface area (Å²) in [5.41, 5.74) is 0.324. The summed E-state index contributed by atoms with van der Waals surface area (Å²) in [6, 6.07) is 19.2. The van der Waals surface area contributed by atoms with E-state index in [0.29, 0.717) is 17.2 Å². The van der Waals surface area contributed by atoms with Gasteiger partial charge in [0.2, 0.25) is 0 Å². The smallest absolute Gasteiger partial charge is 0.341 e. The van der Waals surface area contributed by atoms with Gasteiger partial charge < -0.3 is 5.32 Å². The number of anilines is 3. The molecule has 0 atom stereocenters. The van der Waals surface area contributed by atoms with Gasteiger partial charge in [-0.25, -0.2) is 4.98 Å². The van der Waals surface area contributed by atoms with E-state index in [1.807, 2.05) is 50.2 Å². The minimum Gasteiger partial charge on any atom is -0.341 e. The second-order valence-corrected chi connectivity index (χ2v) is 9.41. The molecule has 1 aromatic heterocycles. The van der Waals surface area contributed by atoms with Crippen LogP contribution in [0.2, 0.25) is 0 Å². The Labute approximate surface area is 194 Å². The highest BCUT2D eigenvalue weighted by atomic mass is 32.2. The molecule has 1 aliphatic rings. The van der Waals surface area contributed by atoms with Gasteiger partial charge in [-0.2, -0.15) is 13.2 Å². The maximum atomic E-state index is 14.1. The quantitative estimate of drug-likeness (QED) is 0.416. The summed E-state index contributed by atoms with van der Waals surface area (Å²) in [6.45, 7) is 3.79. The molecule has 4 rings (SSSR count). The van der Waals surface area contributed by atoms with Crippen molar-refractivity contribution in [3.63, 3.8) is 0 Å². The number of halogens is 3. The molecular formula is C25H22F3N3OS. The molecule has 4 nitrogen and oxygen atoms in total. The van der Waals surface area contributed by atoms with E-state index in [1.54, 1.807) is 29.2 Å². The SMILES string of the molecule is CC(C)Sc1cc(C(F)(F)F)c2c(n1)N(c1ccccc1)C(Nc1ccccc1)=CC(=O)C2. The first-order valence-corrected chi connectivity index (χ1v) is 11.3. The molecule has 0 aliphatic carbocycles. The Morgan fingerprint density at radius 3 is 2.27 bits per heavy atom. The molecule has 170 valence electrons. The van der Waals surface area contributed by atoms with Crippen molar-refractivity contribution in [2.45, 2.75) is 36.7 Å². The zero-order valence-corrected chi connectivity index (χ0v) is 18.9. The molecule has 1 N–H and O–H groups in total. The van der Waals surface area contributed by atoms with Crippen molar-refractivity contribution in [3.8, 4) is 0 Å². The van der Waals surface area contributed by atoms with E-state index in [0.717, 1.165) is 6.07 Å². The first-order valence-electron chi connectivity index (χ1n) is 10.4. The van der Waals surface area contributed by atoms with E-state index < -0.39 is 23.9 Å². The minimum atomic E-state index is -4.63. The number of carbonyl (C=O) groups is 1. The summed E-state index contributed by atoms with van der Waals surface area (Å²) in [6.07, 6.45) is -3.68.